The average Bonchev–Trinajstić information content (AvgIpc) is 2.14. The van der Waals surface area contributed by atoms with E-state index in [1.807, 2.05) is 0 Å². The number of carboxylic acids is 1. The first-order valence-corrected chi connectivity index (χ1v) is 4.22. The van der Waals surface area contributed by atoms with Crippen molar-refractivity contribution in [2.75, 3.05) is 13.2 Å². The van der Waals surface area contributed by atoms with E-state index in [0.717, 1.165) is 0 Å². The molecule has 1 aliphatic rings. The zero-order valence-electron chi connectivity index (χ0n) is 7.37. The lowest BCUT2D eigenvalue weighted by Crippen LogP contribution is -2.42. The number of aromatic carboxylic acids is 1. The molecule has 0 aromatic heterocycles. The van der Waals surface area contributed by atoms with Gasteiger partial charge in [0.2, 0.25) is 0 Å². The number of ether oxygens (including phenoxy) is 1. The van der Waals surface area contributed by atoms with Crippen molar-refractivity contribution >= 4 is 5.97 Å². The Kier molecular flexibility index (Phi) is 2.00. The zero-order valence-corrected chi connectivity index (χ0v) is 7.37. The fraction of sp³-hybridized carbons (Fsp3) is 0.300. The molecule has 1 aromatic rings. The van der Waals surface area contributed by atoms with Crippen molar-refractivity contribution in [3.05, 3.63) is 35.4 Å². The van der Waals surface area contributed by atoms with Crippen LogP contribution in [-0.4, -0.2) is 24.3 Å². The second-order valence-corrected chi connectivity index (χ2v) is 3.34. The summed E-state index contributed by atoms with van der Waals surface area (Å²) in [6.07, 6.45) is 0. The van der Waals surface area contributed by atoms with Crippen LogP contribution in [0.15, 0.2) is 24.3 Å². The molecule has 0 radical (unpaired) electrons. The van der Waals surface area contributed by atoms with E-state index >= 15 is 0 Å². The third kappa shape index (κ3) is 1.37. The molecule has 0 saturated carbocycles. The molecule has 1 aromatic carbocycles. The van der Waals surface area contributed by atoms with Gasteiger partial charge in [-0.2, -0.15) is 0 Å². The normalized spacial score (nSPS) is 18.6. The molecule has 74 valence electrons. The van der Waals surface area contributed by atoms with Crippen molar-refractivity contribution in [3.8, 4) is 0 Å². The van der Waals surface area contributed by atoms with Gasteiger partial charge in [0.25, 0.3) is 0 Å². The number of rotatable bonds is 2. The van der Waals surface area contributed by atoms with Gasteiger partial charge in [0, 0.05) is 0 Å². The molecule has 1 saturated heterocycles. The summed E-state index contributed by atoms with van der Waals surface area (Å²) in [6.45, 7) is 0.110. The van der Waals surface area contributed by atoms with Gasteiger partial charge in [-0.15, -0.1) is 0 Å². The molecule has 14 heavy (non-hydrogen) atoms. The molecule has 1 aliphatic heterocycles. The molecule has 1 heterocycles. The Labute approximate surface area is 80.1 Å². The Bertz CT molecular complexity index is 354. The lowest BCUT2D eigenvalue weighted by atomic mass is 9.93. The van der Waals surface area contributed by atoms with E-state index < -0.39 is 11.6 Å². The number of carboxylic acid groups (broad SMARTS) is 1. The molecule has 0 bridgehead atoms. The summed E-state index contributed by atoms with van der Waals surface area (Å²) in [4.78, 5) is 10.5. The second kappa shape index (κ2) is 3.06. The van der Waals surface area contributed by atoms with Crippen LogP contribution in [0.2, 0.25) is 0 Å². The van der Waals surface area contributed by atoms with Gasteiger partial charge >= 0.3 is 5.97 Å². The molecular weight excluding hydrogens is 187 g/mol. The summed E-state index contributed by atoms with van der Waals surface area (Å²) in [6, 6.07) is 5.78. The standard InChI is InChI=1S/C10H9FO3/c11-10(5-14-6-10)8-3-1-7(2-4-8)9(12)13/h1-4H,5-6H2,(H,12,13). The second-order valence-electron chi connectivity index (χ2n) is 3.34. The molecule has 1 N–H and O–H groups in total. The highest BCUT2D eigenvalue weighted by molar-refractivity contribution is 5.87. The highest BCUT2D eigenvalue weighted by Crippen LogP contribution is 2.33. The smallest absolute Gasteiger partial charge is 0.335 e. The summed E-state index contributed by atoms with van der Waals surface area (Å²) in [5.74, 6) is -1.01. The lowest BCUT2D eigenvalue weighted by Gasteiger charge is -2.34. The SMILES string of the molecule is O=C(O)c1ccc(C2(F)COC2)cc1. The van der Waals surface area contributed by atoms with E-state index in [2.05, 4.69) is 0 Å². The molecule has 0 spiro atoms. The van der Waals surface area contributed by atoms with Gasteiger partial charge in [-0.3, -0.25) is 0 Å². The Morgan fingerprint density at radius 2 is 1.93 bits per heavy atom. The minimum absolute atomic E-state index is 0.0550. The van der Waals surface area contributed by atoms with Gasteiger partial charge in [0.15, 0.2) is 5.67 Å². The van der Waals surface area contributed by atoms with Crippen molar-refractivity contribution in [2.24, 2.45) is 0 Å². The van der Waals surface area contributed by atoms with Gasteiger partial charge < -0.3 is 9.84 Å². The van der Waals surface area contributed by atoms with Crippen LogP contribution in [0, 0.1) is 0 Å². The van der Waals surface area contributed by atoms with Crippen LogP contribution in [0.4, 0.5) is 4.39 Å². The van der Waals surface area contributed by atoms with E-state index in [4.69, 9.17) is 9.84 Å². The number of hydrogen-bond acceptors (Lipinski definition) is 2. The van der Waals surface area contributed by atoms with E-state index in [1.54, 1.807) is 0 Å². The third-order valence-corrected chi connectivity index (χ3v) is 2.31. The largest absolute Gasteiger partial charge is 0.478 e. The van der Waals surface area contributed by atoms with Crippen LogP contribution in [0.1, 0.15) is 15.9 Å². The molecule has 3 nitrogen and oxygen atoms in total. The topological polar surface area (TPSA) is 46.5 Å². The minimum atomic E-state index is -1.42. The Hall–Kier alpha value is -1.42. The molecule has 1 fully saturated rings. The van der Waals surface area contributed by atoms with E-state index in [9.17, 15) is 9.18 Å². The van der Waals surface area contributed by atoms with Gasteiger partial charge in [-0.1, -0.05) is 12.1 Å². The molecule has 0 amide bonds. The van der Waals surface area contributed by atoms with Gasteiger partial charge in [-0.25, -0.2) is 9.18 Å². The van der Waals surface area contributed by atoms with Crippen molar-refractivity contribution in [2.45, 2.75) is 5.67 Å². The average molecular weight is 196 g/mol. The quantitative estimate of drug-likeness (QED) is 0.781. The number of benzene rings is 1. The molecule has 2 rings (SSSR count). The maximum atomic E-state index is 13.7. The molecule has 0 atom stereocenters. The maximum absolute atomic E-state index is 13.7. The zero-order chi connectivity index (χ0) is 10.2. The highest BCUT2D eigenvalue weighted by Gasteiger charge is 2.40. The van der Waals surface area contributed by atoms with Crippen LogP contribution in [0.25, 0.3) is 0 Å². The highest BCUT2D eigenvalue weighted by atomic mass is 19.1. The Morgan fingerprint density at radius 1 is 1.36 bits per heavy atom. The minimum Gasteiger partial charge on any atom is -0.478 e. The van der Waals surface area contributed by atoms with Gasteiger partial charge in [-0.05, 0) is 17.7 Å². The van der Waals surface area contributed by atoms with Crippen LogP contribution < -0.4 is 0 Å². The van der Waals surface area contributed by atoms with Crippen LogP contribution in [0.5, 0.6) is 0 Å². The monoisotopic (exact) mass is 196 g/mol. The van der Waals surface area contributed by atoms with Crippen LogP contribution in [-0.2, 0) is 10.4 Å². The van der Waals surface area contributed by atoms with Crippen molar-refractivity contribution in [1.82, 2.24) is 0 Å². The predicted molar refractivity (Wildman–Crippen MR) is 47.0 cm³/mol. The van der Waals surface area contributed by atoms with Crippen molar-refractivity contribution in [3.63, 3.8) is 0 Å². The summed E-state index contributed by atoms with van der Waals surface area (Å²) >= 11 is 0. The third-order valence-electron chi connectivity index (χ3n) is 2.31. The van der Waals surface area contributed by atoms with Gasteiger partial charge in [0.1, 0.15) is 0 Å². The van der Waals surface area contributed by atoms with E-state index in [-0.39, 0.29) is 18.8 Å². The van der Waals surface area contributed by atoms with Crippen LogP contribution in [0.3, 0.4) is 0 Å². The van der Waals surface area contributed by atoms with Crippen LogP contribution >= 0.6 is 0 Å². The first kappa shape index (κ1) is 9.15. The lowest BCUT2D eigenvalue weighted by molar-refractivity contribution is -0.135. The summed E-state index contributed by atoms with van der Waals surface area (Å²) in [7, 11) is 0. The van der Waals surface area contributed by atoms with E-state index in [1.165, 1.54) is 24.3 Å². The predicted octanol–water partition coefficient (Wildman–Crippen LogP) is 1.58. The maximum Gasteiger partial charge on any atom is 0.335 e. The fourth-order valence-corrected chi connectivity index (χ4v) is 1.36. The summed E-state index contributed by atoms with van der Waals surface area (Å²) < 4.78 is 18.5. The number of alkyl halides is 1. The Balaban J connectivity index is 2.25. The number of carbonyl (C=O) groups is 1. The van der Waals surface area contributed by atoms with Crippen molar-refractivity contribution in [1.29, 1.82) is 0 Å². The van der Waals surface area contributed by atoms with Gasteiger partial charge in [0.05, 0.1) is 18.8 Å². The Morgan fingerprint density at radius 3 is 2.29 bits per heavy atom. The molecule has 0 unspecified atom stereocenters. The summed E-state index contributed by atoms with van der Waals surface area (Å²) in [5.41, 5.74) is -0.775. The first-order valence-electron chi connectivity index (χ1n) is 4.22. The molecule has 0 aliphatic carbocycles. The van der Waals surface area contributed by atoms with Crippen molar-refractivity contribution < 1.29 is 19.0 Å². The number of hydrogen-bond donors (Lipinski definition) is 1. The summed E-state index contributed by atoms with van der Waals surface area (Å²) in [5, 5.41) is 8.63. The first-order chi connectivity index (χ1) is 6.62. The molecule has 4 heteroatoms. The molecular formula is C10H9FO3. The van der Waals surface area contributed by atoms with E-state index in [0.29, 0.717) is 5.56 Å². The fourth-order valence-electron chi connectivity index (χ4n) is 1.36. The number of halogens is 1.